The molecule has 1 unspecified atom stereocenters. The highest BCUT2D eigenvalue weighted by molar-refractivity contribution is 6.18. The number of fused-ring (bicyclic) bond motifs is 6. The molecule has 5 heterocycles. The molecule has 0 bridgehead atoms. The van der Waals surface area contributed by atoms with Crippen molar-refractivity contribution in [3.05, 3.63) is 50.8 Å². The van der Waals surface area contributed by atoms with Crippen LogP contribution in [0.1, 0.15) is 35.6 Å². The minimum absolute atomic E-state index is 0.00388. The maximum Gasteiger partial charge on any atom is 0.586 e. The van der Waals surface area contributed by atoms with Gasteiger partial charge in [-0.15, -0.1) is 20.4 Å². The van der Waals surface area contributed by atoms with Crippen molar-refractivity contribution in [2.24, 2.45) is 5.73 Å². The van der Waals surface area contributed by atoms with Crippen LogP contribution in [-0.4, -0.2) is 34.3 Å². The number of carbonyl (C=O) groups excluding carboxylic acids is 2. The summed E-state index contributed by atoms with van der Waals surface area (Å²) in [6.07, 6.45) is -3.81. The first-order valence-corrected chi connectivity index (χ1v) is 11.8. The molecule has 2 N–H and O–H groups in total. The molecule has 2 aromatic heterocycles. The highest BCUT2D eigenvalue weighted by Gasteiger charge is 2.50. The van der Waals surface area contributed by atoms with Gasteiger partial charge in [0.15, 0.2) is 11.5 Å². The highest BCUT2D eigenvalue weighted by atomic mass is 35.5. The van der Waals surface area contributed by atoms with Crippen LogP contribution >= 0.6 is 11.6 Å². The van der Waals surface area contributed by atoms with Gasteiger partial charge in [-0.25, -0.2) is 9.78 Å². The summed E-state index contributed by atoms with van der Waals surface area (Å²) in [7, 11) is 0. The van der Waals surface area contributed by atoms with Crippen LogP contribution in [0, 0.1) is 0 Å². The van der Waals surface area contributed by atoms with Crippen LogP contribution in [0.15, 0.2) is 23.0 Å². The molecule has 0 fully saturated rings. The number of hydrogen-bond acceptors (Lipinski definition) is 9. The van der Waals surface area contributed by atoms with Gasteiger partial charge in [0.05, 0.1) is 35.6 Å². The quantitative estimate of drug-likeness (QED) is 0.310. The molecule has 3 aliphatic rings. The summed E-state index contributed by atoms with van der Waals surface area (Å²) in [6.45, 7) is 0.953. The number of benzene rings is 1. The Bertz CT molecular complexity index is 1610. The van der Waals surface area contributed by atoms with Gasteiger partial charge in [-0.2, -0.15) is 0 Å². The molecular formula is C24H18ClF2N3O7. The number of carbonyl (C=O) groups is 2. The molecule has 0 saturated heterocycles. The van der Waals surface area contributed by atoms with E-state index in [0.717, 1.165) is 0 Å². The number of esters is 2. The predicted molar refractivity (Wildman–Crippen MR) is 123 cm³/mol. The number of hydrogen-bond donors (Lipinski definition) is 1. The Labute approximate surface area is 211 Å². The second kappa shape index (κ2) is 7.86. The van der Waals surface area contributed by atoms with Crippen molar-refractivity contribution >= 4 is 34.4 Å². The SMILES string of the molecule is CCC1(OC(=O)CN)C(=O)OCc2c1cc1n(c2=O)Cc2c-1nc1cc3c(cc1c2CCl)OC(F)(F)O3. The van der Waals surface area contributed by atoms with Crippen molar-refractivity contribution in [1.82, 2.24) is 9.55 Å². The molecule has 0 radical (unpaired) electrons. The van der Waals surface area contributed by atoms with Crippen molar-refractivity contribution in [2.75, 3.05) is 6.54 Å². The molecule has 0 saturated carbocycles. The number of halogens is 3. The Balaban J connectivity index is 1.59. The number of aromatic nitrogens is 2. The van der Waals surface area contributed by atoms with Gasteiger partial charge in [0.1, 0.15) is 6.61 Å². The lowest BCUT2D eigenvalue weighted by atomic mass is 9.85. The van der Waals surface area contributed by atoms with Crippen LogP contribution in [0.5, 0.6) is 11.5 Å². The van der Waals surface area contributed by atoms with Gasteiger partial charge < -0.3 is 29.2 Å². The zero-order valence-corrected chi connectivity index (χ0v) is 20.0. The largest absolute Gasteiger partial charge is 0.586 e. The fraction of sp³-hybridized carbons (Fsp3) is 0.333. The number of alkyl halides is 3. The van der Waals surface area contributed by atoms with E-state index in [1.165, 1.54) is 16.7 Å². The number of nitrogens with two attached hydrogens (primary N) is 1. The van der Waals surface area contributed by atoms with Crippen LogP contribution in [0.4, 0.5) is 8.78 Å². The molecule has 3 aliphatic heterocycles. The molecule has 3 aromatic rings. The van der Waals surface area contributed by atoms with Crippen molar-refractivity contribution in [1.29, 1.82) is 0 Å². The van der Waals surface area contributed by atoms with E-state index in [4.69, 9.17) is 26.8 Å². The fourth-order valence-electron chi connectivity index (χ4n) is 5.15. The number of nitrogens with zero attached hydrogens (tertiary/aromatic N) is 2. The van der Waals surface area contributed by atoms with Crippen molar-refractivity contribution in [3.8, 4) is 22.9 Å². The third kappa shape index (κ3) is 3.25. The zero-order chi connectivity index (χ0) is 26.3. The second-order valence-electron chi connectivity index (χ2n) is 8.78. The standard InChI is InChI=1S/C24H18ClF2N3O7/c1-2-23(37-19(31)7-28)14-4-16-20-12(8-30(16)21(32)13(14)9-34-22(23)33)11(6-25)10-3-17-18(5-15(10)29-20)36-24(26,27)35-17/h3-5H,2,6-9,28H2,1H3. The van der Waals surface area contributed by atoms with Crippen LogP contribution in [0.2, 0.25) is 0 Å². The van der Waals surface area contributed by atoms with Crippen LogP contribution in [0.25, 0.3) is 22.3 Å². The molecule has 192 valence electrons. The lowest BCUT2D eigenvalue weighted by Gasteiger charge is -2.35. The lowest BCUT2D eigenvalue weighted by molar-refractivity contribution is -0.286. The first kappa shape index (κ1) is 23.6. The molecule has 0 aliphatic carbocycles. The van der Waals surface area contributed by atoms with E-state index < -0.39 is 35.9 Å². The molecule has 0 spiro atoms. The van der Waals surface area contributed by atoms with E-state index in [1.807, 2.05) is 0 Å². The summed E-state index contributed by atoms with van der Waals surface area (Å²) in [6, 6.07) is 4.28. The van der Waals surface area contributed by atoms with Gasteiger partial charge in [-0.05, 0) is 24.1 Å². The van der Waals surface area contributed by atoms with E-state index in [9.17, 15) is 23.2 Å². The summed E-state index contributed by atoms with van der Waals surface area (Å²) < 4.78 is 48.6. The summed E-state index contributed by atoms with van der Waals surface area (Å²) >= 11 is 6.30. The van der Waals surface area contributed by atoms with Crippen molar-refractivity contribution < 1.29 is 37.3 Å². The third-order valence-electron chi connectivity index (χ3n) is 6.88. The zero-order valence-electron chi connectivity index (χ0n) is 19.2. The van der Waals surface area contributed by atoms with Gasteiger partial charge in [0.2, 0.25) is 5.60 Å². The monoisotopic (exact) mass is 533 g/mol. The molecule has 37 heavy (non-hydrogen) atoms. The first-order chi connectivity index (χ1) is 17.6. The van der Waals surface area contributed by atoms with E-state index in [0.29, 0.717) is 33.4 Å². The van der Waals surface area contributed by atoms with E-state index >= 15 is 0 Å². The first-order valence-electron chi connectivity index (χ1n) is 11.3. The Hall–Kier alpha value is -3.77. The van der Waals surface area contributed by atoms with Gasteiger partial charge in [-0.3, -0.25) is 9.59 Å². The van der Waals surface area contributed by atoms with Gasteiger partial charge >= 0.3 is 18.2 Å². The minimum atomic E-state index is -3.80. The van der Waals surface area contributed by atoms with E-state index in [2.05, 4.69) is 14.5 Å². The lowest BCUT2D eigenvalue weighted by Crippen LogP contribution is -2.48. The Morgan fingerprint density at radius 3 is 2.62 bits per heavy atom. The average Bonchev–Trinajstić information content (AvgIpc) is 3.38. The number of pyridine rings is 2. The molecule has 0 amide bonds. The summed E-state index contributed by atoms with van der Waals surface area (Å²) in [5, 5.41) is 0.470. The number of rotatable bonds is 4. The smallest absolute Gasteiger partial charge is 0.457 e. The predicted octanol–water partition coefficient (Wildman–Crippen LogP) is 2.65. The average molecular weight is 534 g/mol. The van der Waals surface area contributed by atoms with Crippen LogP contribution in [0.3, 0.4) is 0 Å². The molecule has 1 atom stereocenters. The molecule has 1 aromatic carbocycles. The maximum absolute atomic E-state index is 13.7. The Morgan fingerprint density at radius 1 is 1.22 bits per heavy atom. The summed E-state index contributed by atoms with van der Waals surface area (Å²) in [5.74, 6) is -2.00. The van der Waals surface area contributed by atoms with E-state index in [-0.39, 0.29) is 48.1 Å². The normalized spacial score (nSPS) is 20.3. The minimum Gasteiger partial charge on any atom is -0.457 e. The third-order valence-corrected chi connectivity index (χ3v) is 7.15. The molecule has 10 nitrogen and oxygen atoms in total. The molecular weight excluding hydrogens is 516 g/mol. The van der Waals surface area contributed by atoms with Gasteiger partial charge in [0, 0.05) is 28.5 Å². The maximum atomic E-state index is 13.7. The topological polar surface area (TPSA) is 132 Å². The summed E-state index contributed by atoms with van der Waals surface area (Å²) in [5.41, 5.74) is 5.68. The Kier molecular flexibility index (Phi) is 5.02. The second-order valence-corrected chi connectivity index (χ2v) is 9.05. The van der Waals surface area contributed by atoms with E-state index in [1.54, 1.807) is 13.0 Å². The fourth-order valence-corrected chi connectivity index (χ4v) is 5.46. The molecule has 6 rings (SSSR count). The van der Waals surface area contributed by atoms with Crippen LogP contribution < -0.4 is 20.8 Å². The van der Waals surface area contributed by atoms with Crippen molar-refractivity contribution in [3.63, 3.8) is 0 Å². The van der Waals surface area contributed by atoms with Crippen LogP contribution in [-0.2, 0) is 43.7 Å². The number of ether oxygens (including phenoxy) is 4. The summed E-state index contributed by atoms with van der Waals surface area (Å²) in [4.78, 5) is 43.3. The van der Waals surface area contributed by atoms with Gasteiger partial charge in [-0.1, -0.05) is 6.92 Å². The van der Waals surface area contributed by atoms with Gasteiger partial charge in [0.25, 0.3) is 5.56 Å². The Morgan fingerprint density at radius 2 is 1.95 bits per heavy atom. The number of cyclic esters (lactones) is 1. The molecule has 13 heteroatoms. The highest BCUT2D eigenvalue weighted by Crippen LogP contribution is 2.46. The van der Waals surface area contributed by atoms with Crippen molar-refractivity contribution in [2.45, 2.75) is 44.3 Å².